The van der Waals surface area contributed by atoms with Crippen LogP contribution in [0.1, 0.15) is 53.9 Å². The van der Waals surface area contributed by atoms with Crippen LogP contribution in [0, 0.1) is 5.92 Å². The molecule has 4 heteroatoms. The van der Waals surface area contributed by atoms with E-state index in [4.69, 9.17) is 9.47 Å². The first-order chi connectivity index (χ1) is 8.87. The maximum Gasteiger partial charge on any atom is 0.326 e. The summed E-state index contributed by atoms with van der Waals surface area (Å²) < 4.78 is 11.2. The molecule has 2 atom stereocenters. The summed E-state index contributed by atoms with van der Waals surface area (Å²) in [7, 11) is 0. The van der Waals surface area contributed by atoms with Crippen LogP contribution in [0.3, 0.4) is 0 Å². The van der Waals surface area contributed by atoms with Crippen LogP contribution in [0.5, 0.6) is 0 Å². The normalized spacial score (nSPS) is 31.5. The van der Waals surface area contributed by atoms with Crippen LogP contribution in [-0.4, -0.2) is 36.9 Å². The number of hydrogen-bond donors (Lipinski definition) is 1. The second-order valence-electron chi connectivity index (χ2n) is 6.16. The quantitative estimate of drug-likeness (QED) is 0.754. The number of esters is 1. The second-order valence-corrected chi connectivity index (χ2v) is 6.16. The third-order valence-corrected chi connectivity index (χ3v) is 3.92. The first-order valence-electron chi connectivity index (χ1n) is 7.43. The van der Waals surface area contributed by atoms with Gasteiger partial charge in [0.15, 0.2) is 0 Å². The van der Waals surface area contributed by atoms with Crippen molar-refractivity contribution in [3.05, 3.63) is 0 Å². The van der Waals surface area contributed by atoms with Gasteiger partial charge in [-0.15, -0.1) is 0 Å². The smallest absolute Gasteiger partial charge is 0.326 e. The first-order valence-corrected chi connectivity index (χ1v) is 7.43. The van der Waals surface area contributed by atoms with Crippen molar-refractivity contribution in [1.82, 2.24) is 5.32 Å². The van der Waals surface area contributed by atoms with Crippen LogP contribution < -0.4 is 5.32 Å². The van der Waals surface area contributed by atoms with Crippen LogP contribution in [0.15, 0.2) is 0 Å². The van der Waals surface area contributed by atoms with Gasteiger partial charge in [-0.25, -0.2) is 0 Å². The Kier molecular flexibility index (Phi) is 5.81. The fourth-order valence-corrected chi connectivity index (χ4v) is 2.54. The summed E-state index contributed by atoms with van der Waals surface area (Å²) >= 11 is 0. The summed E-state index contributed by atoms with van der Waals surface area (Å²) in [6.07, 6.45) is 2.27. The van der Waals surface area contributed by atoms with Gasteiger partial charge in [0.1, 0.15) is 5.54 Å². The van der Waals surface area contributed by atoms with E-state index < -0.39 is 5.54 Å². The Balaban J connectivity index is 2.87. The largest absolute Gasteiger partial charge is 0.465 e. The van der Waals surface area contributed by atoms with Crippen molar-refractivity contribution in [2.45, 2.75) is 65.0 Å². The summed E-state index contributed by atoms with van der Waals surface area (Å²) in [5.41, 5.74) is -0.821. The fourth-order valence-electron chi connectivity index (χ4n) is 2.54. The van der Waals surface area contributed by atoms with Gasteiger partial charge in [-0.1, -0.05) is 20.8 Å². The van der Waals surface area contributed by atoms with Gasteiger partial charge >= 0.3 is 5.97 Å². The highest BCUT2D eigenvalue weighted by Gasteiger charge is 2.48. The molecule has 1 N–H and O–H groups in total. The van der Waals surface area contributed by atoms with E-state index in [1.165, 1.54) is 0 Å². The lowest BCUT2D eigenvalue weighted by atomic mass is 9.79. The van der Waals surface area contributed by atoms with Gasteiger partial charge in [0, 0.05) is 13.0 Å². The predicted octanol–water partition coefficient (Wildman–Crippen LogP) is 2.51. The van der Waals surface area contributed by atoms with Crippen molar-refractivity contribution in [2.24, 2.45) is 5.92 Å². The molecule has 19 heavy (non-hydrogen) atoms. The molecule has 0 radical (unpaired) electrons. The molecule has 4 nitrogen and oxygen atoms in total. The molecule has 0 saturated carbocycles. The molecule has 0 aliphatic carbocycles. The summed E-state index contributed by atoms with van der Waals surface area (Å²) in [5, 5.41) is 3.45. The Morgan fingerprint density at radius 2 is 2.11 bits per heavy atom. The number of ether oxygens (including phenoxy) is 2. The highest BCUT2D eigenvalue weighted by atomic mass is 16.5. The number of carbonyl (C=O) groups is 1. The second kappa shape index (κ2) is 6.71. The zero-order valence-corrected chi connectivity index (χ0v) is 13.0. The highest BCUT2D eigenvalue weighted by Crippen LogP contribution is 2.35. The highest BCUT2D eigenvalue weighted by molar-refractivity contribution is 5.81. The topological polar surface area (TPSA) is 47.6 Å². The summed E-state index contributed by atoms with van der Waals surface area (Å²) in [4.78, 5) is 12.4. The van der Waals surface area contributed by atoms with Crippen molar-refractivity contribution < 1.29 is 14.3 Å². The fraction of sp³-hybridized carbons (Fsp3) is 0.933. The summed E-state index contributed by atoms with van der Waals surface area (Å²) in [6, 6.07) is 0. The van der Waals surface area contributed by atoms with Gasteiger partial charge in [-0.3, -0.25) is 4.79 Å². The van der Waals surface area contributed by atoms with E-state index in [0.717, 1.165) is 13.0 Å². The van der Waals surface area contributed by atoms with E-state index in [0.29, 0.717) is 32.0 Å². The number of hydrogen-bond acceptors (Lipinski definition) is 4. The Hall–Kier alpha value is -0.610. The van der Waals surface area contributed by atoms with E-state index in [-0.39, 0.29) is 11.6 Å². The Bertz CT molecular complexity index is 306. The zero-order chi connectivity index (χ0) is 14.5. The van der Waals surface area contributed by atoms with Gasteiger partial charge in [0.25, 0.3) is 0 Å². The molecule has 1 heterocycles. The maximum absolute atomic E-state index is 12.4. The van der Waals surface area contributed by atoms with E-state index in [1.54, 1.807) is 0 Å². The molecule has 0 bridgehead atoms. The van der Waals surface area contributed by atoms with Crippen LogP contribution >= 0.6 is 0 Å². The van der Waals surface area contributed by atoms with E-state index in [1.807, 2.05) is 6.92 Å². The lowest BCUT2D eigenvalue weighted by Gasteiger charge is -2.45. The van der Waals surface area contributed by atoms with Crippen LogP contribution in [0.4, 0.5) is 0 Å². The maximum atomic E-state index is 12.4. The molecule has 112 valence electrons. The molecular weight excluding hydrogens is 242 g/mol. The molecule has 0 spiro atoms. The molecule has 0 aromatic carbocycles. The zero-order valence-electron chi connectivity index (χ0n) is 13.0. The van der Waals surface area contributed by atoms with E-state index in [2.05, 4.69) is 33.0 Å². The third-order valence-electron chi connectivity index (χ3n) is 3.92. The van der Waals surface area contributed by atoms with Crippen molar-refractivity contribution >= 4 is 5.97 Å². The number of carbonyl (C=O) groups excluding carboxylic acids is 1. The minimum atomic E-state index is -0.580. The van der Waals surface area contributed by atoms with Crippen LogP contribution in [-0.2, 0) is 14.3 Å². The van der Waals surface area contributed by atoms with Gasteiger partial charge in [0.2, 0.25) is 0 Å². The average Bonchev–Trinajstić information content (AvgIpc) is 2.37. The van der Waals surface area contributed by atoms with Crippen LogP contribution in [0.2, 0.25) is 0 Å². The lowest BCUT2D eigenvalue weighted by molar-refractivity contribution is -0.166. The summed E-state index contributed by atoms with van der Waals surface area (Å²) in [6.45, 7) is 12.2. The van der Waals surface area contributed by atoms with Gasteiger partial charge in [-0.05, 0) is 39.2 Å². The Morgan fingerprint density at radius 3 is 2.63 bits per heavy atom. The third kappa shape index (κ3) is 4.18. The Morgan fingerprint density at radius 1 is 1.42 bits per heavy atom. The van der Waals surface area contributed by atoms with E-state index in [9.17, 15) is 4.79 Å². The molecule has 1 fully saturated rings. The van der Waals surface area contributed by atoms with Gasteiger partial charge < -0.3 is 14.8 Å². The molecule has 1 aliphatic heterocycles. The molecule has 0 aromatic heterocycles. The van der Waals surface area contributed by atoms with Crippen molar-refractivity contribution in [3.8, 4) is 0 Å². The average molecular weight is 271 g/mol. The molecule has 1 rings (SSSR count). The SMILES string of the molecule is CCOC(=O)C1(NCC(C)C)CCOC(C)(CC)C1. The predicted molar refractivity (Wildman–Crippen MR) is 76.1 cm³/mol. The Labute approximate surface area is 117 Å². The van der Waals surface area contributed by atoms with Crippen LogP contribution in [0.25, 0.3) is 0 Å². The monoisotopic (exact) mass is 271 g/mol. The number of nitrogens with one attached hydrogen (secondary N) is 1. The standard InChI is InChI=1S/C15H29NO3/c1-6-14(5)11-15(8-9-19-14,13(17)18-7-2)16-10-12(3)4/h12,16H,6-11H2,1-5H3. The van der Waals surface area contributed by atoms with Crippen molar-refractivity contribution in [1.29, 1.82) is 0 Å². The first kappa shape index (κ1) is 16.4. The molecule has 1 saturated heterocycles. The molecular formula is C15H29NO3. The molecule has 0 amide bonds. The minimum Gasteiger partial charge on any atom is -0.465 e. The van der Waals surface area contributed by atoms with Crippen molar-refractivity contribution in [3.63, 3.8) is 0 Å². The van der Waals surface area contributed by atoms with Gasteiger partial charge in [-0.2, -0.15) is 0 Å². The van der Waals surface area contributed by atoms with Gasteiger partial charge in [0.05, 0.1) is 12.2 Å². The number of rotatable bonds is 6. The molecule has 2 unspecified atom stereocenters. The molecule has 0 aromatic rings. The lowest BCUT2D eigenvalue weighted by Crippen LogP contribution is -2.61. The minimum absolute atomic E-state index is 0.126. The summed E-state index contributed by atoms with van der Waals surface area (Å²) in [5.74, 6) is 0.376. The van der Waals surface area contributed by atoms with E-state index >= 15 is 0 Å². The molecule has 1 aliphatic rings. The van der Waals surface area contributed by atoms with Crippen molar-refractivity contribution in [2.75, 3.05) is 19.8 Å².